The molecule has 0 rings (SSSR count). The summed E-state index contributed by atoms with van der Waals surface area (Å²) in [6.07, 6.45) is 7.35. The van der Waals surface area contributed by atoms with Crippen LogP contribution in [0.5, 0.6) is 0 Å². The normalized spacial score (nSPS) is 11.1. The lowest BCUT2D eigenvalue weighted by Gasteiger charge is -2.15. The fourth-order valence-electron chi connectivity index (χ4n) is 1.19. The van der Waals surface area contributed by atoms with Gasteiger partial charge in [0.15, 0.2) is 0 Å². The van der Waals surface area contributed by atoms with Crippen molar-refractivity contribution < 1.29 is 0 Å². The fraction of sp³-hybridized carbons (Fsp3) is 1.00. The van der Waals surface area contributed by atoms with Crippen LogP contribution in [0.1, 0.15) is 19.3 Å². The second kappa shape index (κ2) is 11.4. The SMILES string of the molecule is ClCCCP(CCCCl)CCCCl. The number of hydrogen-bond donors (Lipinski definition) is 0. The smallest absolute Gasteiger partial charge is 0.0226 e. The van der Waals surface area contributed by atoms with Crippen molar-refractivity contribution in [2.75, 3.05) is 36.1 Å². The highest BCUT2D eigenvalue weighted by Gasteiger charge is 2.06. The van der Waals surface area contributed by atoms with E-state index in [4.69, 9.17) is 34.8 Å². The topological polar surface area (TPSA) is 0 Å². The Bertz CT molecular complexity index is 81.8. The Hall–Kier alpha value is 1.30. The van der Waals surface area contributed by atoms with Gasteiger partial charge in [-0.05, 0) is 37.7 Å². The van der Waals surface area contributed by atoms with Gasteiger partial charge < -0.3 is 0 Å². The molecule has 80 valence electrons. The van der Waals surface area contributed by atoms with E-state index in [2.05, 4.69) is 0 Å². The predicted octanol–water partition coefficient (Wildman–Crippen LogP) is 4.36. The van der Waals surface area contributed by atoms with E-state index in [0.717, 1.165) is 36.9 Å². The van der Waals surface area contributed by atoms with Crippen molar-refractivity contribution >= 4 is 42.7 Å². The van der Waals surface area contributed by atoms with E-state index < -0.39 is 0 Å². The third-order valence-electron chi connectivity index (χ3n) is 1.82. The zero-order valence-electron chi connectivity index (χ0n) is 7.95. The quantitative estimate of drug-likeness (QED) is 0.428. The Morgan fingerprint density at radius 3 is 1.15 bits per heavy atom. The average Bonchev–Trinajstić information content (AvgIpc) is 2.17. The second-order valence-electron chi connectivity index (χ2n) is 2.97. The molecule has 0 amide bonds. The first-order valence-corrected chi connectivity index (χ1v) is 8.25. The first kappa shape index (κ1) is 14.3. The van der Waals surface area contributed by atoms with Gasteiger partial charge in [-0.2, -0.15) is 0 Å². The molecule has 0 aliphatic rings. The molecule has 0 aromatic rings. The van der Waals surface area contributed by atoms with Crippen molar-refractivity contribution in [2.45, 2.75) is 19.3 Å². The minimum absolute atomic E-state index is 0.168. The molecule has 0 atom stereocenters. The molecule has 0 N–H and O–H groups in total. The van der Waals surface area contributed by atoms with Crippen LogP contribution in [0.2, 0.25) is 0 Å². The van der Waals surface area contributed by atoms with E-state index >= 15 is 0 Å². The van der Waals surface area contributed by atoms with Crippen LogP contribution >= 0.6 is 42.7 Å². The Morgan fingerprint density at radius 2 is 0.923 bits per heavy atom. The van der Waals surface area contributed by atoms with Gasteiger partial charge in [-0.3, -0.25) is 0 Å². The minimum Gasteiger partial charge on any atom is -0.127 e. The molecule has 0 nitrogen and oxygen atoms in total. The summed E-state index contributed by atoms with van der Waals surface area (Å²) in [4.78, 5) is 0. The molecule has 13 heavy (non-hydrogen) atoms. The molecule has 0 bridgehead atoms. The van der Waals surface area contributed by atoms with Crippen LogP contribution in [-0.2, 0) is 0 Å². The van der Waals surface area contributed by atoms with Crippen molar-refractivity contribution in [1.29, 1.82) is 0 Å². The summed E-state index contributed by atoms with van der Waals surface area (Å²) in [5.41, 5.74) is 0. The summed E-state index contributed by atoms with van der Waals surface area (Å²) in [6.45, 7) is 0. The minimum atomic E-state index is 0.168. The number of rotatable bonds is 9. The van der Waals surface area contributed by atoms with Crippen LogP contribution in [0, 0.1) is 0 Å². The van der Waals surface area contributed by atoms with E-state index in [-0.39, 0.29) is 7.92 Å². The highest BCUT2D eigenvalue weighted by atomic mass is 35.5. The van der Waals surface area contributed by atoms with Crippen molar-refractivity contribution in [3.05, 3.63) is 0 Å². The standard InChI is InChI=1S/C9H18Cl3P/c10-4-1-7-13(8-2-5-11)9-3-6-12/h1-9H2. The molecule has 0 spiro atoms. The summed E-state index contributed by atoms with van der Waals surface area (Å²) in [5, 5.41) is 0. The predicted molar refractivity (Wildman–Crippen MR) is 67.5 cm³/mol. The molecule has 0 saturated carbocycles. The number of alkyl halides is 3. The van der Waals surface area contributed by atoms with Gasteiger partial charge in [0.1, 0.15) is 0 Å². The maximum atomic E-state index is 5.67. The summed E-state index contributed by atoms with van der Waals surface area (Å²) in [7, 11) is 0.168. The van der Waals surface area contributed by atoms with E-state index in [1.807, 2.05) is 0 Å². The number of hydrogen-bond acceptors (Lipinski definition) is 0. The summed E-state index contributed by atoms with van der Waals surface area (Å²) < 4.78 is 0. The Balaban J connectivity index is 3.47. The van der Waals surface area contributed by atoms with E-state index in [1.54, 1.807) is 0 Å². The maximum Gasteiger partial charge on any atom is 0.0226 e. The van der Waals surface area contributed by atoms with Gasteiger partial charge in [-0.25, -0.2) is 0 Å². The first-order chi connectivity index (χ1) is 6.35. The molecular formula is C9H18Cl3P. The zero-order valence-corrected chi connectivity index (χ0v) is 11.1. The van der Waals surface area contributed by atoms with Crippen LogP contribution in [0.3, 0.4) is 0 Å². The molecule has 0 saturated heterocycles. The lowest BCUT2D eigenvalue weighted by atomic mass is 10.5. The molecule has 4 heteroatoms. The summed E-state index contributed by atoms with van der Waals surface area (Å²) in [6, 6.07) is 0. The van der Waals surface area contributed by atoms with Gasteiger partial charge in [-0.15, -0.1) is 42.7 Å². The van der Waals surface area contributed by atoms with Crippen molar-refractivity contribution in [3.63, 3.8) is 0 Å². The Labute approximate surface area is 98.1 Å². The van der Waals surface area contributed by atoms with Gasteiger partial charge in [0.05, 0.1) is 0 Å². The second-order valence-corrected chi connectivity index (χ2v) is 6.79. The third-order valence-corrected chi connectivity index (χ3v) is 5.47. The molecule has 0 aromatic heterocycles. The molecule has 0 heterocycles. The van der Waals surface area contributed by atoms with Crippen LogP contribution in [0.15, 0.2) is 0 Å². The van der Waals surface area contributed by atoms with Crippen molar-refractivity contribution in [3.8, 4) is 0 Å². The largest absolute Gasteiger partial charge is 0.127 e. The van der Waals surface area contributed by atoms with Gasteiger partial charge in [-0.1, -0.05) is 0 Å². The third kappa shape index (κ3) is 9.60. The first-order valence-electron chi connectivity index (χ1n) is 4.75. The molecule has 0 aliphatic carbocycles. The van der Waals surface area contributed by atoms with Crippen LogP contribution in [-0.4, -0.2) is 36.1 Å². The molecule has 0 aromatic carbocycles. The lowest BCUT2D eigenvalue weighted by Crippen LogP contribution is -1.97. The Kier molecular flexibility index (Phi) is 12.5. The van der Waals surface area contributed by atoms with Crippen LogP contribution in [0.4, 0.5) is 0 Å². The Morgan fingerprint density at radius 1 is 0.615 bits per heavy atom. The van der Waals surface area contributed by atoms with Gasteiger partial charge in [0.2, 0.25) is 0 Å². The fourth-order valence-corrected chi connectivity index (χ4v) is 4.63. The molecule has 0 unspecified atom stereocenters. The maximum absolute atomic E-state index is 5.67. The van der Waals surface area contributed by atoms with Crippen LogP contribution < -0.4 is 0 Å². The number of halogens is 3. The van der Waals surface area contributed by atoms with E-state index in [1.165, 1.54) is 18.5 Å². The average molecular weight is 264 g/mol. The van der Waals surface area contributed by atoms with Gasteiger partial charge in [0, 0.05) is 17.6 Å². The van der Waals surface area contributed by atoms with Gasteiger partial charge >= 0.3 is 0 Å². The van der Waals surface area contributed by atoms with Crippen molar-refractivity contribution in [2.24, 2.45) is 0 Å². The highest BCUT2D eigenvalue weighted by molar-refractivity contribution is 7.57. The molecule has 0 fully saturated rings. The zero-order chi connectivity index (χ0) is 9.94. The van der Waals surface area contributed by atoms with E-state index in [0.29, 0.717) is 0 Å². The monoisotopic (exact) mass is 262 g/mol. The van der Waals surface area contributed by atoms with E-state index in [9.17, 15) is 0 Å². The summed E-state index contributed by atoms with van der Waals surface area (Å²) >= 11 is 17.0. The molecular weight excluding hydrogens is 245 g/mol. The molecule has 0 radical (unpaired) electrons. The summed E-state index contributed by atoms with van der Waals surface area (Å²) in [5.74, 6) is 2.38. The molecule has 0 aliphatic heterocycles. The van der Waals surface area contributed by atoms with Crippen LogP contribution in [0.25, 0.3) is 0 Å². The highest BCUT2D eigenvalue weighted by Crippen LogP contribution is 2.37. The van der Waals surface area contributed by atoms with Crippen molar-refractivity contribution in [1.82, 2.24) is 0 Å². The van der Waals surface area contributed by atoms with Gasteiger partial charge in [0.25, 0.3) is 0 Å². The lowest BCUT2D eigenvalue weighted by molar-refractivity contribution is 1.03.